The molecule has 0 fully saturated rings. The van der Waals surface area contributed by atoms with Gasteiger partial charge in [-0.15, -0.1) is 5.10 Å². The van der Waals surface area contributed by atoms with Crippen LogP contribution in [0.2, 0.25) is 0 Å². The lowest BCUT2D eigenvalue weighted by molar-refractivity contribution is -0.114. The van der Waals surface area contributed by atoms with Crippen molar-refractivity contribution in [2.24, 2.45) is 7.05 Å². The van der Waals surface area contributed by atoms with Crippen LogP contribution in [0.25, 0.3) is 11.0 Å². The van der Waals surface area contributed by atoms with E-state index < -0.39 is 0 Å². The summed E-state index contributed by atoms with van der Waals surface area (Å²) in [5.41, 5.74) is 2.35. The summed E-state index contributed by atoms with van der Waals surface area (Å²) in [5, 5.41) is 10.6. The van der Waals surface area contributed by atoms with Crippen molar-refractivity contribution in [3.05, 3.63) is 18.2 Å². The first kappa shape index (κ1) is 8.68. The van der Waals surface area contributed by atoms with Gasteiger partial charge in [0, 0.05) is 14.0 Å². The highest BCUT2D eigenvalue weighted by molar-refractivity contribution is 5.98. The van der Waals surface area contributed by atoms with Crippen LogP contribution in [-0.4, -0.2) is 20.9 Å². The van der Waals surface area contributed by atoms with E-state index in [1.165, 1.54) is 6.92 Å². The molecular weight excluding hydrogens is 180 g/mol. The van der Waals surface area contributed by atoms with E-state index in [1.54, 1.807) is 11.7 Å². The van der Waals surface area contributed by atoms with Crippen molar-refractivity contribution in [3.63, 3.8) is 0 Å². The molecule has 72 valence electrons. The van der Waals surface area contributed by atoms with Gasteiger partial charge in [-0.3, -0.25) is 4.79 Å². The first-order valence-electron chi connectivity index (χ1n) is 4.24. The number of carbonyl (C=O) groups excluding carboxylic acids is 1. The first-order chi connectivity index (χ1) is 6.68. The summed E-state index contributed by atoms with van der Waals surface area (Å²) >= 11 is 0. The lowest BCUT2D eigenvalue weighted by atomic mass is 10.2. The molecule has 1 aromatic heterocycles. The van der Waals surface area contributed by atoms with Gasteiger partial charge in [-0.25, -0.2) is 4.68 Å². The zero-order chi connectivity index (χ0) is 10.1. The molecule has 14 heavy (non-hydrogen) atoms. The number of hydrogen-bond acceptors (Lipinski definition) is 3. The topological polar surface area (TPSA) is 59.8 Å². The van der Waals surface area contributed by atoms with Gasteiger partial charge in [-0.2, -0.15) is 0 Å². The van der Waals surface area contributed by atoms with E-state index >= 15 is 0 Å². The Bertz CT molecular complexity index is 489. The number of para-hydroxylation sites is 1. The number of anilines is 1. The molecule has 5 heteroatoms. The molecule has 0 aliphatic heterocycles. The molecular formula is C9H10N4O. The number of benzene rings is 1. The Morgan fingerprint density at radius 3 is 3.00 bits per heavy atom. The number of aryl methyl sites for hydroxylation is 1. The van der Waals surface area contributed by atoms with Crippen LogP contribution in [0.3, 0.4) is 0 Å². The number of nitrogens with zero attached hydrogens (tertiary/aromatic N) is 3. The molecule has 1 amide bonds. The monoisotopic (exact) mass is 190 g/mol. The van der Waals surface area contributed by atoms with Crippen LogP contribution in [-0.2, 0) is 11.8 Å². The molecule has 1 N–H and O–H groups in total. The predicted molar refractivity (Wildman–Crippen MR) is 52.8 cm³/mol. The fourth-order valence-corrected chi connectivity index (χ4v) is 1.40. The Morgan fingerprint density at radius 1 is 1.50 bits per heavy atom. The summed E-state index contributed by atoms with van der Waals surface area (Å²) in [5.74, 6) is -0.0984. The zero-order valence-corrected chi connectivity index (χ0v) is 7.98. The van der Waals surface area contributed by atoms with Gasteiger partial charge in [0.1, 0.15) is 11.0 Å². The average Bonchev–Trinajstić information content (AvgIpc) is 2.48. The first-order valence-corrected chi connectivity index (χ1v) is 4.24. The summed E-state index contributed by atoms with van der Waals surface area (Å²) < 4.78 is 1.64. The maximum Gasteiger partial charge on any atom is 0.221 e. The molecule has 0 aliphatic carbocycles. The molecule has 1 heterocycles. The van der Waals surface area contributed by atoms with Crippen molar-refractivity contribution in [3.8, 4) is 0 Å². The summed E-state index contributed by atoms with van der Waals surface area (Å²) in [6, 6.07) is 5.52. The Hall–Kier alpha value is -1.91. The number of amides is 1. The second-order valence-corrected chi connectivity index (χ2v) is 3.07. The van der Waals surface area contributed by atoms with E-state index in [0.29, 0.717) is 0 Å². The van der Waals surface area contributed by atoms with Crippen LogP contribution in [0, 0.1) is 0 Å². The SMILES string of the molecule is CC(=O)Nc1cccc2nnn(C)c12. The molecule has 2 aromatic rings. The third-order valence-corrected chi connectivity index (χ3v) is 1.94. The maximum atomic E-state index is 10.9. The van der Waals surface area contributed by atoms with Crippen LogP contribution in [0.15, 0.2) is 18.2 Å². The zero-order valence-electron chi connectivity index (χ0n) is 7.98. The minimum Gasteiger partial charge on any atom is -0.324 e. The Balaban J connectivity index is 2.63. The third kappa shape index (κ3) is 1.32. The molecule has 0 aliphatic rings. The second-order valence-electron chi connectivity index (χ2n) is 3.07. The molecule has 0 saturated carbocycles. The molecule has 0 radical (unpaired) electrons. The molecule has 0 atom stereocenters. The second kappa shape index (κ2) is 3.10. The standard InChI is InChI=1S/C9H10N4O/c1-6(14)10-7-4-3-5-8-9(7)13(2)12-11-8/h3-5H,1-2H3,(H,10,14). The lowest BCUT2D eigenvalue weighted by Gasteiger charge is -2.03. The van der Waals surface area contributed by atoms with Gasteiger partial charge in [0.25, 0.3) is 0 Å². The van der Waals surface area contributed by atoms with Crippen LogP contribution < -0.4 is 5.32 Å². The van der Waals surface area contributed by atoms with Gasteiger partial charge >= 0.3 is 0 Å². The van der Waals surface area contributed by atoms with E-state index in [4.69, 9.17) is 0 Å². The quantitative estimate of drug-likeness (QED) is 0.727. The van der Waals surface area contributed by atoms with Crippen LogP contribution in [0.1, 0.15) is 6.92 Å². The van der Waals surface area contributed by atoms with E-state index in [2.05, 4.69) is 15.6 Å². The Labute approximate surface area is 80.7 Å². The van der Waals surface area contributed by atoms with Crippen molar-refractivity contribution in [1.82, 2.24) is 15.0 Å². The minimum absolute atomic E-state index is 0.0984. The summed E-state index contributed by atoms with van der Waals surface area (Å²) in [6.07, 6.45) is 0. The van der Waals surface area contributed by atoms with Gasteiger partial charge in [0.15, 0.2) is 0 Å². The van der Waals surface area contributed by atoms with Gasteiger partial charge in [0.2, 0.25) is 5.91 Å². The van der Waals surface area contributed by atoms with Gasteiger partial charge in [-0.05, 0) is 12.1 Å². The lowest BCUT2D eigenvalue weighted by Crippen LogP contribution is -2.07. The molecule has 0 spiro atoms. The van der Waals surface area contributed by atoms with Crippen molar-refractivity contribution in [1.29, 1.82) is 0 Å². The number of aromatic nitrogens is 3. The molecule has 1 aromatic carbocycles. The number of fused-ring (bicyclic) bond motifs is 1. The van der Waals surface area contributed by atoms with Crippen molar-refractivity contribution in [2.75, 3.05) is 5.32 Å². The van der Waals surface area contributed by atoms with Crippen molar-refractivity contribution < 1.29 is 4.79 Å². The number of rotatable bonds is 1. The van der Waals surface area contributed by atoms with Gasteiger partial charge in [-0.1, -0.05) is 11.3 Å². The molecule has 5 nitrogen and oxygen atoms in total. The Kier molecular flexibility index (Phi) is 1.92. The van der Waals surface area contributed by atoms with Crippen LogP contribution >= 0.6 is 0 Å². The Morgan fingerprint density at radius 2 is 2.29 bits per heavy atom. The van der Waals surface area contributed by atoms with Gasteiger partial charge in [0.05, 0.1) is 5.69 Å². The predicted octanol–water partition coefficient (Wildman–Crippen LogP) is 0.927. The fourth-order valence-electron chi connectivity index (χ4n) is 1.40. The fraction of sp³-hybridized carbons (Fsp3) is 0.222. The highest BCUT2D eigenvalue weighted by atomic mass is 16.1. The minimum atomic E-state index is -0.0984. The van der Waals surface area contributed by atoms with Crippen molar-refractivity contribution >= 4 is 22.6 Å². The molecule has 2 rings (SSSR count). The number of hydrogen-bond donors (Lipinski definition) is 1. The number of carbonyl (C=O) groups is 1. The average molecular weight is 190 g/mol. The largest absolute Gasteiger partial charge is 0.324 e. The smallest absolute Gasteiger partial charge is 0.221 e. The highest BCUT2D eigenvalue weighted by Gasteiger charge is 2.07. The van der Waals surface area contributed by atoms with Crippen molar-refractivity contribution in [2.45, 2.75) is 6.92 Å². The van der Waals surface area contributed by atoms with E-state index in [0.717, 1.165) is 16.7 Å². The highest BCUT2D eigenvalue weighted by Crippen LogP contribution is 2.20. The van der Waals surface area contributed by atoms with E-state index in [1.807, 2.05) is 18.2 Å². The third-order valence-electron chi connectivity index (χ3n) is 1.94. The van der Waals surface area contributed by atoms with Crippen LogP contribution in [0.5, 0.6) is 0 Å². The normalized spacial score (nSPS) is 10.4. The van der Waals surface area contributed by atoms with Crippen LogP contribution in [0.4, 0.5) is 5.69 Å². The summed E-state index contributed by atoms with van der Waals surface area (Å²) in [7, 11) is 1.79. The summed E-state index contributed by atoms with van der Waals surface area (Å²) in [6.45, 7) is 1.47. The van der Waals surface area contributed by atoms with E-state index in [9.17, 15) is 4.79 Å². The maximum absolute atomic E-state index is 10.9. The molecule has 0 bridgehead atoms. The van der Waals surface area contributed by atoms with Gasteiger partial charge < -0.3 is 5.32 Å². The molecule has 0 saturated heterocycles. The summed E-state index contributed by atoms with van der Waals surface area (Å²) in [4.78, 5) is 10.9. The van der Waals surface area contributed by atoms with E-state index in [-0.39, 0.29) is 5.91 Å². The molecule has 0 unspecified atom stereocenters. The number of nitrogens with one attached hydrogen (secondary N) is 1.